The predicted molar refractivity (Wildman–Crippen MR) is 69.2 cm³/mol. The van der Waals surface area contributed by atoms with E-state index in [2.05, 4.69) is 5.32 Å². The number of rotatable bonds is 5. The van der Waals surface area contributed by atoms with Crippen LogP contribution in [-0.4, -0.2) is 23.2 Å². The highest BCUT2D eigenvalue weighted by atomic mass is 19.2. The molecular formula is C13H18F2N2O2. The van der Waals surface area contributed by atoms with Gasteiger partial charge in [0, 0.05) is 12.1 Å². The summed E-state index contributed by atoms with van der Waals surface area (Å²) >= 11 is 0. The summed E-state index contributed by atoms with van der Waals surface area (Å²) in [5.41, 5.74) is 4.25. The summed E-state index contributed by atoms with van der Waals surface area (Å²) in [7, 11) is 0. The van der Waals surface area contributed by atoms with E-state index in [1.807, 2.05) is 13.8 Å². The van der Waals surface area contributed by atoms with E-state index in [4.69, 9.17) is 10.8 Å². The van der Waals surface area contributed by atoms with Gasteiger partial charge in [0.2, 0.25) is 0 Å². The van der Waals surface area contributed by atoms with E-state index >= 15 is 0 Å². The maximum absolute atomic E-state index is 13.8. The molecule has 1 atom stereocenters. The second-order valence-corrected chi connectivity index (χ2v) is 5.00. The predicted octanol–water partition coefficient (Wildman–Crippen LogP) is 2.45. The van der Waals surface area contributed by atoms with Crippen molar-refractivity contribution in [3.8, 4) is 0 Å². The number of benzene rings is 1. The Morgan fingerprint density at radius 2 is 2.00 bits per heavy atom. The zero-order valence-corrected chi connectivity index (χ0v) is 11.1. The second kappa shape index (κ2) is 5.52. The van der Waals surface area contributed by atoms with E-state index in [-0.39, 0.29) is 18.2 Å². The molecular weight excluding hydrogens is 254 g/mol. The number of carboxylic acids is 1. The summed E-state index contributed by atoms with van der Waals surface area (Å²) in [6.07, 6.45) is 0. The molecule has 0 saturated carbocycles. The zero-order valence-electron chi connectivity index (χ0n) is 11.1. The summed E-state index contributed by atoms with van der Waals surface area (Å²) in [4.78, 5) is 10.7. The summed E-state index contributed by atoms with van der Waals surface area (Å²) in [6, 6.07) is 2.23. The molecule has 0 aliphatic carbocycles. The van der Waals surface area contributed by atoms with Crippen molar-refractivity contribution in [1.29, 1.82) is 0 Å². The fraction of sp³-hybridized carbons (Fsp3) is 0.462. The minimum absolute atomic E-state index is 0.0825. The monoisotopic (exact) mass is 272 g/mol. The first-order valence-electron chi connectivity index (χ1n) is 5.92. The van der Waals surface area contributed by atoms with Gasteiger partial charge in [0.25, 0.3) is 0 Å². The molecule has 6 heteroatoms. The van der Waals surface area contributed by atoms with Crippen LogP contribution in [0, 0.1) is 17.6 Å². The van der Waals surface area contributed by atoms with Gasteiger partial charge in [-0.3, -0.25) is 0 Å². The highest BCUT2D eigenvalue weighted by Crippen LogP contribution is 2.26. The Kier molecular flexibility index (Phi) is 4.47. The lowest BCUT2D eigenvalue weighted by molar-refractivity contribution is 0.0690. The standard InChI is InChI=1S/C13H18F2N2O2/c1-7(2)13(3,6-16)17-9-5-4-8(12(18)19)10(14)11(9)15/h4-5,7,17H,6,16H2,1-3H3,(H,18,19). The van der Waals surface area contributed by atoms with Gasteiger partial charge in [-0.15, -0.1) is 0 Å². The fourth-order valence-corrected chi connectivity index (χ4v) is 1.55. The minimum atomic E-state index is -1.51. The van der Waals surface area contributed by atoms with Crippen LogP contribution in [0.5, 0.6) is 0 Å². The van der Waals surface area contributed by atoms with E-state index in [1.54, 1.807) is 6.92 Å². The normalized spacial score (nSPS) is 14.3. The zero-order chi connectivity index (χ0) is 14.8. The highest BCUT2D eigenvalue weighted by molar-refractivity contribution is 5.88. The van der Waals surface area contributed by atoms with E-state index < -0.39 is 28.7 Å². The molecule has 106 valence electrons. The van der Waals surface area contributed by atoms with Crippen molar-refractivity contribution in [1.82, 2.24) is 0 Å². The van der Waals surface area contributed by atoms with Crippen molar-refractivity contribution in [3.63, 3.8) is 0 Å². The molecule has 0 amide bonds. The van der Waals surface area contributed by atoms with Gasteiger partial charge < -0.3 is 16.2 Å². The third-order valence-corrected chi connectivity index (χ3v) is 3.43. The highest BCUT2D eigenvalue weighted by Gasteiger charge is 2.28. The molecule has 1 unspecified atom stereocenters. The van der Waals surface area contributed by atoms with Crippen LogP contribution in [0.25, 0.3) is 0 Å². The third-order valence-electron chi connectivity index (χ3n) is 3.43. The Balaban J connectivity index is 3.17. The average molecular weight is 272 g/mol. The van der Waals surface area contributed by atoms with Crippen molar-refractivity contribution < 1.29 is 18.7 Å². The average Bonchev–Trinajstić information content (AvgIpc) is 2.34. The summed E-state index contributed by atoms with van der Waals surface area (Å²) < 4.78 is 27.4. The number of carboxylic acid groups (broad SMARTS) is 1. The number of nitrogens with two attached hydrogens (primary N) is 1. The van der Waals surface area contributed by atoms with Crippen LogP contribution in [-0.2, 0) is 0 Å². The molecule has 19 heavy (non-hydrogen) atoms. The lowest BCUT2D eigenvalue weighted by atomic mass is 9.88. The van der Waals surface area contributed by atoms with Crippen LogP contribution >= 0.6 is 0 Å². The molecule has 0 spiro atoms. The lowest BCUT2D eigenvalue weighted by Crippen LogP contribution is -2.47. The molecule has 1 rings (SSSR count). The maximum Gasteiger partial charge on any atom is 0.338 e. The molecule has 1 aromatic rings. The number of hydrogen-bond acceptors (Lipinski definition) is 3. The molecule has 0 bridgehead atoms. The molecule has 0 heterocycles. The lowest BCUT2D eigenvalue weighted by Gasteiger charge is -2.34. The van der Waals surface area contributed by atoms with E-state index in [0.717, 1.165) is 6.07 Å². The van der Waals surface area contributed by atoms with Crippen LogP contribution in [0.1, 0.15) is 31.1 Å². The molecule has 0 radical (unpaired) electrons. The molecule has 4 nitrogen and oxygen atoms in total. The van der Waals surface area contributed by atoms with Gasteiger partial charge in [-0.05, 0) is 25.0 Å². The maximum atomic E-state index is 13.8. The van der Waals surface area contributed by atoms with Gasteiger partial charge in [0.1, 0.15) is 0 Å². The number of hydrogen-bond donors (Lipinski definition) is 3. The summed E-state index contributed by atoms with van der Waals surface area (Å²) in [5.74, 6) is -4.01. The van der Waals surface area contributed by atoms with Crippen molar-refractivity contribution in [2.45, 2.75) is 26.3 Å². The molecule has 0 saturated heterocycles. The first-order valence-corrected chi connectivity index (χ1v) is 5.92. The van der Waals surface area contributed by atoms with Crippen LogP contribution in [0.15, 0.2) is 12.1 Å². The van der Waals surface area contributed by atoms with Crippen molar-refractivity contribution in [2.75, 3.05) is 11.9 Å². The second-order valence-electron chi connectivity index (χ2n) is 5.00. The van der Waals surface area contributed by atoms with Crippen molar-refractivity contribution >= 4 is 11.7 Å². The summed E-state index contributed by atoms with van der Waals surface area (Å²) in [6.45, 7) is 5.83. The molecule has 0 aliphatic heterocycles. The minimum Gasteiger partial charge on any atom is -0.478 e. The summed E-state index contributed by atoms with van der Waals surface area (Å²) in [5, 5.41) is 11.5. The number of aromatic carboxylic acids is 1. The van der Waals surface area contributed by atoms with Gasteiger partial charge in [0.05, 0.1) is 11.3 Å². The number of nitrogens with one attached hydrogen (secondary N) is 1. The smallest absolute Gasteiger partial charge is 0.338 e. The van der Waals surface area contributed by atoms with Crippen LogP contribution < -0.4 is 11.1 Å². The topological polar surface area (TPSA) is 75.3 Å². The van der Waals surface area contributed by atoms with Crippen molar-refractivity contribution in [3.05, 3.63) is 29.3 Å². The Morgan fingerprint density at radius 3 is 2.42 bits per heavy atom. The SMILES string of the molecule is CC(C)C(C)(CN)Nc1ccc(C(=O)O)c(F)c1F. The van der Waals surface area contributed by atoms with Gasteiger partial charge in [-0.2, -0.15) is 0 Å². The largest absolute Gasteiger partial charge is 0.478 e. The van der Waals surface area contributed by atoms with Crippen LogP contribution in [0.2, 0.25) is 0 Å². The van der Waals surface area contributed by atoms with E-state index in [1.165, 1.54) is 6.07 Å². The Labute approximate surface area is 110 Å². The fourth-order valence-electron chi connectivity index (χ4n) is 1.55. The van der Waals surface area contributed by atoms with Gasteiger partial charge in [-0.1, -0.05) is 13.8 Å². The first kappa shape index (κ1) is 15.4. The molecule has 0 aliphatic rings. The first-order chi connectivity index (χ1) is 8.73. The number of anilines is 1. The van der Waals surface area contributed by atoms with Crippen LogP contribution in [0.4, 0.5) is 14.5 Å². The van der Waals surface area contributed by atoms with Gasteiger partial charge in [-0.25, -0.2) is 13.6 Å². The third kappa shape index (κ3) is 3.01. The molecule has 1 aromatic carbocycles. The molecule has 0 aromatic heterocycles. The Morgan fingerprint density at radius 1 is 1.42 bits per heavy atom. The quantitative estimate of drug-likeness (QED) is 0.769. The Hall–Kier alpha value is -1.69. The molecule has 0 fully saturated rings. The van der Waals surface area contributed by atoms with Gasteiger partial charge in [0.15, 0.2) is 11.6 Å². The molecule has 4 N–H and O–H groups in total. The number of carbonyl (C=O) groups is 1. The van der Waals surface area contributed by atoms with E-state index in [0.29, 0.717) is 0 Å². The van der Waals surface area contributed by atoms with Crippen molar-refractivity contribution in [2.24, 2.45) is 11.7 Å². The number of halogens is 2. The van der Waals surface area contributed by atoms with E-state index in [9.17, 15) is 13.6 Å². The Bertz CT molecular complexity index is 492. The van der Waals surface area contributed by atoms with Gasteiger partial charge >= 0.3 is 5.97 Å². The van der Waals surface area contributed by atoms with Crippen LogP contribution in [0.3, 0.4) is 0 Å².